The number of carbonyl (C=O) groups excluding carboxylic acids is 2. The van der Waals surface area contributed by atoms with Crippen LogP contribution in [0.3, 0.4) is 0 Å². The van der Waals surface area contributed by atoms with Gasteiger partial charge < -0.3 is 18.9 Å². The van der Waals surface area contributed by atoms with E-state index in [2.05, 4.69) is 4.74 Å². The number of benzene rings is 2. The third-order valence-corrected chi connectivity index (χ3v) is 4.02. The summed E-state index contributed by atoms with van der Waals surface area (Å²) in [6, 6.07) is 11.0. The average molecular weight is 358 g/mol. The lowest BCUT2D eigenvalue weighted by atomic mass is 9.90. The molecule has 0 unspecified atom stereocenters. The van der Waals surface area contributed by atoms with Crippen molar-refractivity contribution >= 4 is 12.1 Å². The van der Waals surface area contributed by atoms with E-state index in [-0.39, 0.29) is 12.2 Å². The summed E-state index contributed by atoms with van der Waals surface area (Å²) in [7, 11) is 4.10. The maximum Gasteiger partial charge on any atom is 0.513 e. The fraction of sp³-hybridized carbons (Fsp3) is 0.300. The van der Waals surface area contributed by atoms with Crippen LogP contribution in [0.15, 0.2) is 36.4 Å². The van der Waals surface area contributed by atoms with Gasteiger partial charge in [0.2, 0.25) is 0 Å². The van der Waals surface area contributed by atoms with E-state index in [0.29, 0.717) is 23.3 Å². The van der Waals surface area contributed by atoms with Gasteiger partial charge in [-0.3, -0.25) is 4.79 Å². The molecule has 0 aliphatic heterocycles. The Morgan fingerprint density at radius 3 is 2.15 bits per heavy atom. The molecule has 2 rings (SSSR count). The quantitative estimate of drug-likeness (QED) is 0.578. The number of methoxy groups -OCH3 is 3. The summed E-state index contributed by atoms with van der Waals surface area (Å²) in [5.74, 6) is 0.398. The van der Waals surface area contributed by atoms with Crippen LogP contribution in [0.1, 0.15) is 18.1 Å². The lowest BCUT2D eigenvalue weighted by Crippen LogP contribution is -2.13. The Kier molecular flexibility index (Phi) is 6.60. The summed E-state index contributed by atoms with van der Waals surface area (Å²) in [6.07, 6.45) is -0.190. The first-order valence-electron chi connectivity index (χ1n) is 8.16. The van der Waals surface area contributed by atoms with Crippen molar-refractivity contribution in [2.24, 2.45) is 0 Å². The molecule has 0 heterocycles. The molecule has 0 aromatic heterocycles. The Hall–Kier alpha value is -3.02. The largest absolute Gasteiger partial charge is 0.513 e. The molecule has 0 N–H and O–H groups in total. The Morgan fingerprint density at radius 1 is 0.923 bits per heavy atom. The Morgan fingerprint density at radius 2 is 1.62 bits per heavy atom. The van der Waals surface area contributed by atoms with E-state index in [4.69, 9.17) is 14.2 Å². The van der Waals surface area contributed by atoms with E-state index in [1.165, 1.54) is 21.3 Å². The van der Waals surface area contributed by atoms with Crippen LogP contribution in [0, 0.1) is 0 Å². The van der Waals surface area contributed by atoms with E-state index in [0.717, 1.165) is 11.1 Å². The van der Waals surface area contributed by atoms with Gasteiger partial charge in [-0.15, -0.1) is 0 Å². The predicted octanol–water partition coefficient (Wildman–Crippen LogP) is 3.79. The SMILES string of the molecule is CCc1c(OC)cc(OC(=O)OC)c(-c2ccccc2)c1CC(=O)OC. The van der Waals surface area contributed by atoms with Crippen LogP contribution >= 0.6 is 0 Å². The lowest BCUT2D eigenvalue weighted by Gasteiger charge is -2.20. The van der Waals surface area contributed by atoms with E-state index in [1.807, 2.05) is 37.3 Å². The number of carbonyl (C=O) groups is 2. The van der Waals surface area contributed by atoms with E-state index in [1.54, 1.807) is 6.07 Å². The molecule has 0 radical (unpaired) electrons. The zero-order valence-corrected chi connectivity index (χ0v) is 15.3. The molecule has 2 aromatic carbocycles. The number of hydrogen-bond donors (Lipinski definition) is 0. The van der Waals surface area contributed by atoms with Crippen LogP contribution in [0.25, 0.3) is 11.1 Å². The molecule has 0 aliphatic rings. The van der Waals surface area contributed by atoms with Crippen LogP contribution in [0.5, 0.6) is 11.5 Å². The molecule has 6 heteroatoms. The molecule has 26 heavy (non-hydrogen) atoms. The van der Waals surface area contributed by atoms with Gasteiger partial charge in [0.05, 0.1) is 27.8 Å². The molecule has 0 amide bonds. The van der Waals surface area contributed by atoms with Crippen molar-refractivity contribution in [2.75, 3.05) is 21.3 Å². The maximum absolute atomic E-state index is 12.0. The minimum Gasteiger partial charge on any atom is -0.496 e. The van der Waals surface area contributed by atoms with E-state index < -0.39 is 12.1 Å². The molecule has 138 valence electrons. The highest BCUT2D eigenvalue weighted by Gasteiger charge is 2.23. The minimum atomic E-state index is -0.850. The van der Waals surface area contributed by atoms with Crippen LogP contribution in [-0.2, 0) is 27.1 Å². The molecule has 0 aliphatic carbocycles. The zero-order chi connectivity index (χ0) is 19.1. The molecule has 2 aromatic rings. The number of rotatable bonds is 6. The van der Waals surface area contributed by atoms with Gasteiger partial charge in [0.15, 0.2) is 0 Å². The monoisotopic (exact) mass is 358 g/mol. The van der Waals surface area contributed by atoms with Crippen molar-refractivity contribution in [3.63, 3.8) is 0 Å². The predicted molar refractivity (Wildman–Crippen MR) is 96.6 cm³/mol. The highest BCUT2D eigenvalue weighted by Crippen LogP contribution is 2.41. The van der Waals surface area contributed by atoms with Crippen LogP contribution in [0.4, 0.5) is 4.79 Å². The smallest absolute Gasteiger partial charge is 0.496 e. The first-order chi connectivity index (χ1) is 12.5. The number of hydrogen-bond acceptors (Lipinski definition) is 6. The summed E-state index contributed by atoms with van der Waals surface area (Å²) in [5, 5.41) is 0. The van der Waals surface area contributed by atoms with Crippen molar-refractivity contribution in [2.45, 2.75) is 19.8 Å². The molecule has 0 atom stereocenters. The first kappa shape index (κ1) is 19.3. The molecule has 6 nitrogen and oxygen atoms in total. The van der Waals surface area contributed by atoms with Crippen molar-refractivity contribution in [3.8, 4) is 22.6 Å². The van der Waals surface area contributed by atoms with E-state index >= 15 is 0 Å². The van der Waals surface area contributed by atoms with Gasteiger partial charge >= 0.3 is 12.1 Å². The average Bonchev–Trinajstić information content (AvgIpc) is 2.67. The topological polar surface area (TPSA) is 71.1 Å². The Balaban J connectivity index is 2.79. The number of ether oxygens (including phenoxy) is 4. The van der Waals surface area contributed by atoms with Gasteiger partial charge in [-0.1, -0.05) is 37.3 Å². The molecule has 0 bridgehead atoms. The van der Waals surface area contributed by atoms with E-state index in [9.17, 15) is 9.59 Å². The van der Waals surface area contributed by atoms with Crippen LogP contribution in [-0.4, -0.2) is 33.5 Å². The molecule has 0 spiro atoms. The summed E-state index contributed by atoms with van der Waals surface area (Å²) in [4.78, 5) is 23.8. The Bertz CT molecular complexity index is 783. The highest BCUT2D eigenvalue weighted by atomic mass is 16.7. The van der Waals surface area contributed by atoms with Crippen molar-refractivity contribution < 1.29 is 28.5 Å². The normalized spacial score (nSPS) is 10.2. The summed E-state index contributed by atoms with van der Waals surface area (Å²) in [6.45, 7) is 1.97. The lowest BCUT2D eigenvalue weighted by molar-refractivity contribution is -0.139. The third-order valence-electron chi connectivity index (χ3n) is 4.02. The standard InChI is InChI=1S/C20H22O6/c1-5-14-15(11-18(21)24-3)19(13-9-7-6-8-10-13)17(12-16(14)23-2)26-20(22)25-4/h6-10,12H,5,11H2,1-4H3. The van der Waals surface area contributed by atoms with Gasteiger partial charge in [-0.05, 0) is 23.1 Å². The molecular formula is C20H22O6. The zero-order valence-electron chi connectivity index (χ0n) is 15.3. The maximum atomic E-state index is 12.0. The second-order valence-corrected chi connectivity index (χ2v) is 5.44. The van der Waals surface area contributed by atoms with Gasteiger partial charge in [0.25, 0.3) is 0 Å². The highest BCUT2D eigenvalue weighted by molar-refractivity contribution is 5.84. The van der Waals surface area contributed by atoms with Crippen molar-refractivity contribution in [3.05, 3.63) is 47.5 Å². The summed E-state index contributed by atoms with van der Waals surface area (Å²) >= 11 is 0. The van der Waals surface area contributed by atoms with Gasteiger partial charge in [-0.25, -0.2) is 4.79 Å². The van der Waals surface area contributed by atoms with Gasteiger partial charge in [0.1, 0.15) is 11.5 Å². The van der Waals surface area contributed by atoms with Crippen LogP contribution in [0.2, 0.25) is 0 Å². The van der Waals surface area contributed by atoms with Crippen LogP contribution < -0.4 is 9.47 Å². The molecular weight excluding hydrogens is 336 g/mol. The van der Waals surface area contributed by atoms with Gasteiger partial charge in [0, 0.05) is 11.6 Å². The minimum absolute atomic E-state index is 0.0264. The molecule has 0 saturated heterocycles. The van der Waals surface area contributed by atoms with Gasteiger partial charge in [-0.2, -0.15) is 0 Å². The summed E-state index contributed by atoms with van der Waals surface area (Å²) < 4.78 is 20.3. The second-order valence-electron chi connectivity index (χ2n) is 5.44. The molecule has 0 saturated carbocycles. The Labute approximate surface area is 152 Å². The molecule has 0 fully saturated rings. The summed E-state index contributed by atoms with van der Waals surface area (Å²) in [5.41, 5.74) is 3.00. The fourth-order valence-corrected chi connectivity index (χ4v) is 2.84. The van der Waals surface area contributed by atoms with Crippen molar-refractivity contribution in [1.82, 2.24) is 0 Å². The second kappa shape index (κ2) is 8.89. The number of esters is 1. The van der Waals surface area contributed by atoms with Crippen molar-refractivity contribution in [1.29, 1.82) is 0 Å². The first-order valence-corrected chi connectivity index (χ1v) is 8.16. The third kappa shape index (κ3) is 4.14. The fourth-order valence-electron chi connectivity index (χ4n) is 2.84.